The van der Waals surface area contributed by atoms with Gasteiger partial charge in [0, 0.05) is 21.1 Å². The summed E-state index contributed by atoms with van der Waals surface area (Å²) in [4.78, 5) is 24.4. The van der Waals surface area contributed by atoms with Gasteiger partial charge in [0.2, 0.25) is 5.91 Å². The molecule has 3 rings (SSSR count). The van der Waals surface area contributed by atoms with Crippen LogP contribution >= 0.6 is 15.9 Å². The summed E-state index contributed by atoms with van der Waals surface area (Å²) in [5, 5.41) is 7.48. The Labute approximate surface area is 154 Å². The third-order valence-corrected chi connectivity index (χ3v) is 4.64. The minimum Gasteiger partial charge on any atom is -0.343 e. The van der Waals surface area contributed by atoms with E-state index >= 15 is 0 Å². The van der Waals surface area contributed by atoms with Crippen LogP contribution in [0.15, 0.2) is 65.1 Å². The maximum Gasteiger partial charge on any atom is 0.251 e. The van der Waals surface area contributed by atoms with Crippen molar-refractivity contribution in [2.24, 2.45) is 0 Å². The standard InChI is InChI=1S/C20H17BrN2O2/c1-13-6-2-3-7-14(13)20(25)22-12-19(24)23-18-11-10-17(21)15-8-4-5-9-16(15)18/h2-11H,12H2,1H3,(H,22,25)(H,23,24). The van der Waals surface area contributed by atoms with Crippen molar-refractivity contribution in [3.05, 3.63) is 76.3 Å². The Hall–Kier alpha value is -2.66. The van der Waals surface area contributed by atoms with Crippen LogP contribution in [0.25, 0.3) is 10.8 Å². The monoisotopic (exact) mass is 396 g/mol. The van der Waals surface area contributed by atoms with E-state index < -0.39 is 0 Å². The van der Waals surface area contributed by atoms with Gasteiger partial charge < -0.3 is 10.6 Å². The van der Waals surface area contributed by atoms with Crippen LogP contribution in [0.4, 0.5) is 5.69 Å². The minimum atomic E-state index is -0.269. The SMILES string of the molecule is Cc1ccccc1C(=O)NCC(=O)Nc1ccc(Br)c2ccccc12. The molecule has 0 radical (unpaired) electrons. The number of fused-ring (bicyclic) bond motifs is 1. The Morgan fingerprint density at radius 3 is 2.36 bits per heavy atom. The lowest BCUT2D eigenvalue weighted by atomic mass is 10.1. The number of nitrogens with one attached hydrogen (secondary N) is 2. The smallest absolute Gasteiger partial charge is 0.251 e. The molecule has 126 valence electrons. The largest absolute Gasteiger partial charge is 0.343 e. The van der Waals surface area contributed by atoms with Crippen molar-refractivity contribution in [2.75, 3.05) is 11.9 Å². The number of aryl methyl sites for hydroxylation is 1. The predicted molar refractivity (Wildman–Crippen MR) is 104 cm³/mol. The first kappa shape index (κ1) is 17.2. The average molecular weight is 397 g/mol. The average Bonchev–Trinajstić information content (AvgIpc) is 2.63. The lowest BCUT2D eigenvalue weighted by molar-refractivity contribution is -0.115. The van der Waals surface area contributed by atoms with Crippen LogP contribution in [0, 0.1) is 6.92 Å². The highest BCUT2D eigenvalue weighted by Gasteiger charge is 2.11. The molecular weight excluding hydrogens is 380 g/mol. The number of benzene rings is 3. The summed E-state index contributed by atoms with van der Waals surface area (Å²) in [6.07, 6.45) is 0. The Kier molecular flexibility index (Phi) is 5.14. The quantitative estimate of drug-likeness (QED) is 0.691. The van der Waals surface area contributed by atoms with Gasteiger partial charge in [-0.05, 0) is 36.1 Å². The molecule has 0 unspecified atom stereocenters. The van der Waals surface area contributed by atoms with Gasteiger partial charge in [0.05, 0.1) is 6.54 Å². The van der Waals surface area contributed by atoms with Crippen LogP contribution in [0.5, 0.6) is 0 Å². The number of rotatable bonds is 4. The van der Waals surface area contributed by atoms with Crippen LogP contribution < -0.4 is 10.6 Å². The Morgan fingerprint density at radius 1 is 0.920 bits per heavy atom. The van der Waals surface area contributed by atoms with Gasteiger partial charge in [-0.1, -0.05) is 58.4 Å². The molecule has 0 saturated carbocycles. The summed E-state index contributed by atoms with van der Waals surface area (Å²) in [5.74, 6) is -0.525. The zero-order chi connectivity index (χ0) is 17.8. The third kappa shape index (κ3) is 3.88. The normalized spacial score (nSPS) is 10.5. The second-order valence-electron chi connectivity index (χ2n) is 5.69. The highest BCUT2D eigenvalue weighted by molar-refractivity contribution is 9.10. The molecule has 0 aromatic heterocycles. The highest BCUT2D eigenvalue weighted by atomic mass is 79.9. The summed E-state index contributed by atoms with van der Waals surface area (Å²) >= 11 is 3.51. The molecule has 25 heavy (non-hydrogen) atoms. The predicted octanol–water partition coefficient (Wildman–Crippen LogP) is 4.28. The van der Waals surface area contributed by atoms with E-state index in [1.165, 1.54) is 0 Å². The molecule has 0 saturated heterocycles. The molecule has 3 aromatic carbocycles. The zero-order valence-corrected chi connectivity index (χ0v) is 15.3. The van der Waals surface area contributed by atoms with E-state index in [0.717, 1.165) is 20.8 Å². The molecule has 0 aliphatic heterocycles. The van der Waals surface area contributed by atoms with Gasteiger partial charge in [0.15, 0.2) is 0 Å². The van der Waals surface area contributed by atoms with Crippen LogP contribution in [-0.4, -0.2) is 18.4 Å². The lowest BCUT2D eigenvalue weighted by Gasteiger charge is -2.11. The van der Waals surface area contributed by atoms with E-state index in [4.69, 9.17) is 0 Å². The van der Waals surface area contributed by atoms with E-state index in [1.807, 2.05) is 55.5 Å². The van der Waals surface area contributed by atoms with Crippen molar-refractivity contribution in [3.8, 4) is 0 Å². The van der Waals surface area contributed by atoms with Crippen molar-refractivity contribution in [3.63, 3.8) is 0 Å². The molecule has 0 spiro atoms. The molecule has 0 atom stereocenters. The molecule has 3 aromatic rings. The van der Waals surface area contributed by atoms with Gasteiger partial charge in [-0.3, -0.25) is 9.59 Å². The van der Waals surface area contributed by atoms with E-state index in [-0.39, 0.29) is 18.4 Å². The fraction of sp³-hybridized carbons (Fsp3) is 0.100. The van der Waals surface area contributed by atoms with Crippen LogP contribution in [0.1, 0.15) is 15.9 Å². The number of amides is 2. The van der Waals surface area contributed by atoms with Crippen LogP contribution in [0.3, 0.4) is 0 Å². The van der Waals surface area contributed by atoms with Gasteiger partial charge in [0.1, 0.15) is 0 Å². The Balaban J connectivity index is 1.69. The molecule has 0 aliphatic carbocycles. The number of carbonyl (C=O) groups is 2. The molecule has 0 heterocycles. The molecule has 0 bridgehead atoms. The highest BCUT2D eigenvalue weighted by Crippen LogP contribution is 2.29. The Morgan fingerprint density at radius 2 is 1.60 bits per heavy atom. The maximum atomic E-state index is 12.2. The summed E-state index contributed by atoms with van der Waals surface area (Å²) in [6.45, 7) is 1.78. The van der Waals surface area contributed by atoms with Crippen LogP contribution in [0.2, 0.25) is 0 Å². The minimum absolute atomic E-state index is 0.0858. The fourth-order valence-electron chi connectivity index (χ4n) is 2.65. The van der Waals surface area contributed by atoms with E-state index in [2.05, 4.69) is 26.6 Å². The van der Waals surface area contributed by atoms with Crippen molar-refractivity contribution in [1.82, 2.24) is 5.32 Å². The van der Waals surface area contributed by atoms with Gasteiger partial charge in [-0.15, -0.1) is 0 Å². The first-order chi connectivity index (χ1) is 12.1. The maximum absolute atomic E-state index is 12.2. The summed E-state index contributed by atoms with van der Waals surface area (Å²) in [6, 6.07) is 18.8. The van der Waals surface area contributed by atoms with Gasteiger partial charge in [-0.25, -0.2) is 0 Å². The van der Waals surface area contributed by atoms with Gasteiger partial charge in [0.25, 0.3) is 5.91 Å². The van der Waals surface area contributed by atoms with E-state index in [0.29, 0.717) is 11.3 Å². The fourth-order valence-corrected chi connectivity index (χ4v) is 3.13. The van der Waals surface area contributed by atoms with Gasteiger partial charge >= 0.3 is 0 Å². The lowest BCUT2D eigenvalue weighted by Crippen LogP contribution is -2.33. The molecule has 0 fully saturated rings. The molecular formula is C20H17BrN2O2. The third-order valence-electron chi connectivity index (χ3n) is 3.94. The zero-order valence-electron chi connectivity index (χ0n) is 13.7. The first-order valence-corrected chi connectivity index (χ1v) is 8.66. The van der Waals surface area contributed by atoms with Crippen LogP contribution in [-0.2, 0) is 4.79 Å². The second-order valence-corrected chi connectivity index (χ2v) is 6.54. The number of hydrogen-bond donors (Lipinski definition) is 2. The molecule has 5 heteroatoms. The molecule has 2 N–H and O–H groups in total. The second kappa shape index (κ2) is 7.49. The van der Waals surface area contributed by atoms with Gasteiger partial charge in [-0.2, -0.15) is 0 Å². The molecule has 2 amide bonds. The molecule has 4 nitrogen and oxygen atoms in total. The van der Waals surface area contributed by atoms with Crippen molar-refractivity contribution in [2.45, 2.75) is 6.92 Å². The number of anilines is 1. The Bertz CT molecular complexity index is 953. The van der Waals surface area contributed by atoms with E-state index in [9.17, 15) is 9.59 Å². The summed E-state index contributed by atoms with van der Waals surface area (Å²) in [5.41, 5.74) is 2.16. The van der Waals surface area contributed by atoms with Crippen molar-refractivity contribution < 1.29 is 9.59 Å². The number of hydrogen-bond acceptors (Lipinski definition) is 2. The summed E-state index contributed by atoms with van der Waals surface area (Å²) < 4.78 is 0.967. The number of carbonyl (C=O) groups excluding carboxylic acids is 2. The molecule has 0 aliphatic rings. The van der Waals surface area contributed by atoms with E-state index in [1.54, 1.807) is 12.1 Å². The first-order valence-electron chi connectivity index (χ1n) is 7.87. The van der Waals surface area contributed by atoms with Crippen molar-refractivity contribution in [1.29, 1.82) is 0 Å². The summed E-state index contributed by atoms with van der Waals surface area (Å²) in [7, 11) is 0. The topological polar surface area (TPSA) is 58.2 Å². The number of halogens is 1. The van der Waals surface area contributed by atoms with Crippen molar-refractivity contribution >= 4 is 44.2 Å².